The summed E-state index contributed by atoms with van der Waals surface area (Å²) in [6.45, 7) is 6.41. The van der Waals surface area contributed by atoms with E-state index in [1.165, 1.54) is 0 Å². The smallest absolute Gasteiger partial charge is 0.317 e. The summed E-state index contributed by atoms with van der Waals surface area (Å²) < 4.78 is 0. The molecule has 0 aromatic heterocycles. The van der Waals surface area contributed by atoms with E-state index < -0.39 is 5.97 Å². The van der Waals surface area contributed by atoms with Gasteiger partial charge in [0, 0.05) is 25.0 Å². The van der Waals surface area contributed by atoms with Crippen LogP contribution in [0.1, 0.15) is 39.5 Å². The average molecular weight is 285 g/mol. The summed E-state index contributed by atoms with van der Waals surface area (Å²) in [5.41, 5.74) is 0. The Morgan fingerprint density at radius 3 is 2.45 bits per heavy atom. The minimum absolute atomic E-state index is 0.0695. The maximum absolute atomic E-state index is 12.3. The lowest BCUT2D eigenvalue weighted by Gasteiger charge is -2.33. The average Bonchev–Trinajstić information content (AvgIpc) is 2.36. The van der Waals surface area contributed by atoms with E-state index in [9.17, 15) is 9.59 Å². The van der Waals surface area contributed by atoms with E-state index in [1.807, 2.05) is 13.8 Å². The molecule has 1 aliphatic rings. The first-order chi connectivity index (χ1) is 9.40. The van der Waals surface area contributed by atoms with Crippen molar-refractivity contribution in [3.05, 3.63) is 0 Å². The Balaban J connectivity index is 2.41. The van der Waals surface area contributed by atoms with Gasteiger partial charge in [-0.2, -0.15) is 0 Å². The second kappa shape index (κ2) is 8.09. The SMILES string of the molecule is CC(C)N(CCCC(=O)O)C(=O)NC1CCN(C)CC1. The molecule has 1 rings (SSSR count). The molecule has 6 heteroatoms. The number of carboxylic acids is 1. The van der Waals surface area contributed by atoms with Crippen molar-refractivity contribution in [3.8, 4) is 0 Å². The molecule has 6 nitrogen and oxygen atoms in total. The fraction of sp³-hybridized carbons (Fsp3) is 0.857. The van der Waals surface area contributed by atoms with Crippen molar-refractivity contribution in [2.24, 2.45) is 0 Å². The van der Waals surface area contributed by atoms with Crippen molar-refractivity contribution < 1.29 is 14.7 Å². The van der Waals surface area contributed by atoms with Gasteiger partial charge in [-0.3, -0.25) is 4.79 Å². The number of aliphatic carboxylic acids is 1. The highest BCUT2D eigenvalue weighted by Gasteiger charge is 2.22. The van der Waals surface area contributed by atoms with Gasteiger partial charge in [-0.15, -0.1) is 0 Å². The van der Waals surface area contributed by atoms with Gasteiger partial charge in [0.05, 0.1) is 0 Å². The van der Waals surface area contributed by atoms with Gasteiger partial charge in [0.25, 0.3) is 0 Å². The van der Waals surface area contributed by atoms with E-state index in [4.69, 9.17) is 5.11 Å². The summed E-state index contributed by atoms with van der Waals surface area (Å²) >= 11 is 0. The number of carbonyl (C=O) groups excluding carboxylic acids is 1. The van der Waals surface area contributed by atoms with Crippen LogP contribution in [-0.2, 0) is 4.79 Å². The molecule has 0 radical (unpaired) electrons. The van der Waals surface area contributed by atoms with Crippen LogP contribution in [0.15, 0.2) is 0 Å². The molecule has 2 N–H and O–H groups in total. The van der Waals surface area contributed by atoms with Crippen LogP contribution in [0, 0.1) is 0 Å². The minimum Gasteiger partial charge on any atom is -0.481 e. The molecule has 1 heterocycles. The monoisotopic (exact) mass is 285 g/mol. The summed E-state index contributed by atoms with van der Waals surface area (Å²) in [7, 11) is 2.09. The molecule has 1 aliphatic heterocycles. The van der Waals surface area contributed by atoms with Crippen LogP contribution >= 0.6 is 0 Å². The Hall–Kier alpha value is -1.30. The van der Waals surface area contributed by atoms with Gasteiger partial charge in [0.2, 0.25) is 0 Å². The predicted octanol–water partition coefficient (Wildman–Crippen LogP) is 1.37. The molecule has 0 aromatic rings. The fourth-order valence-corrected chi connectivity index (χ4v) is 2.41. The lowest BCUT2D eigenvalue weighted by molar-refractivity contribution is -0.137. The number of urea groups is 1. The maximum atomic E-state index is 12.3. The summed E-state index contributed by atoms with van der Waals surface area (Å²) in [5.74, 6) is -0.815. The fourth-order valence-electron chi connectivity index (χ4n) is 2.41. The predicted molar refractivity (Wildman–Crippen MR) is 77.8 cm³/mol. The zero-order chi connectivity index (χ0) is 15.1. The van der Waals surface area contributed by atoms with E-state index >= 15 is 0 Å². The Kier molecular flexibility index (Phi) is 6.78. The van der Waals surface area contributed by atoms with Gasteiger partial charge >= 0.3 is 12.0 Å². The molecule has 1 fully saturated rings. The normalized spacial score (nSPS) is 17.2. The number of carbonyl (C=O) groups is 2. The second-order valence-electron chi connectivity index (χ2n) is 5.81. The quantitative estimate of drug-likeness (QED) is 0.773. The van der Waals surface area contributed by atoms with Gasteiger partial charge in [-0.1, -0.05) is 0 Å². The molecule has 0 aromatic carbocycles. The van der Waals surface area contributed by atoms with Crippen LogP contribution in [0.25, 0.3) is 0 Å². The second-order valence-corrected chi connectivity index (χ2v) is 5.81. The maximum Gasteiger partial charge on any atom is 0.317 e. The third-order valence-corrected chi connectivity index (χ3v) is 3.72. The highest BCUT2D eigenvalue weighted by Crippen LogP contribution is 2.10. The summed E-state index contributed by atoms with van der Waals surface area (Å²) in [6, 6.07) is 0.245. The molecule has 0 spiro atoms. The van der Waals surface area contributed by atoms with Crippen molar-refractivity contribution in [1.82, 2.24) is 15.1 Å². The number of nitrogens with zero attached hydrogens (tertiary/aromatic N) is 2. The molecule has 116 valence electrons. The zero-order valence-electron chi connectivity index (χ0n) is 12.8. The summed E-state index contributed by atoms with van der Waals surface area (Å²) in [4.78, 5) is 26.8. The van der Waals surface area contributed by atoms with Gasteiger partial charge in [0.15, 0.2) is 0 Å². The number of likely N-dealkylation sites (tertiary alicyclic amines) is 1. The molecular formula is C14H27N3O3. The molecule has 20 heavy (non-hydrogen) atoms. The van der Waals surface area contributed by atoms with Crippen molar-refractivity contribution in [2.75, 3.05) is 26.7 Å². The van der Waals surface area contributed by atoms with Crippen molar-refractivity contribution in [2.45, 2.75) is 51.6 Å². The van der Waals surface area contributed by atoms with Crippen LogP contribution in [0.4, 0.5) is 4.79 Å². The Labute approximate surface area is 121 Å². The number of amides is 2. The van der Waals surface area contributed by atoms with Crippen LogP contribution in [0.5, 0.6) is 0 Å². The van der Waals surface area contributed by atoms with E-state index in [1.54, 1.807) is 4.90 Å². The number of hydrogen-bond acceptors (Lipinski definition) is 3. The molecule has 2 amide bonds. The third kappa shape index (κ3) is 5.77. The van der Waals surface area contributed by atoms with Gasteiger partial charge in [0.1, 0.15) is 0 Å². The minimum atomic E-state index is -0.815. The van der Waals surface area contributed by atoms with E-state index in [0.717, 1.165) is 25.9 Å². The molecular weight excluding hydrogens is 258 g/mol. The van der Waals surface area contributed by atoms with Gasteiger partial charge in [-0.25, -0.2) is 4.79 Å². The first kappa shape index (κ1) is 16.8. The summed E-state index contributed by atoms with van der Waals surface area (Å²) in [5, 5.41) is 11.7. The Morgan fingerprint density at radius 2 is 1.95 bits per heavy atom. The van der Waals surface area contributed by atoms with Crippen LogP contribution in [-0.4, -0.2) is 65.7 Å². The number of piperidine rings is 1. The van der Waals surface area contributed by atoms with Crippen molar-refractivity contribution in [1.29, 1.82) is 0 Å². The highest BCUT2D eigenvalue weighted by molar-refractivity contribution is 5.75. The largest absolute Gasteiger partial charge is 0.481 e. The van der Waals surface area contributed by atoms with Crippen molar-refractivity contribution in [3.63, 3.8) is 0 Å². The number of hydrogen-bond donors (Lipinski definition) is 2. The topological polar surface area (TPSA) is 72.9 Å². The molecule has 0 unspecified atom stereocenters. The summed E-state index contributed by atoms with van der Waals surface area (Å²) in [6.07, 6.45) is 2.55. The van der Waals surface area contributed by atoms with Crippen LogP contribution < -0.4 is 5.32 Å². The van der Waals surface area contributed by atoms with E-state index in [0.29, 0.717) is 13.0 Å². The van der Waals surface area contributed by atoms with Crippen LogP contribution in [0.3, 0.4) is 0 Å². The molecule has 1 saturated heterocycles. The first-order valence-corrected chi connectivity index (χ1v) is 7.37. The Bertz CT molecular complexity index is 326. The molecule has 0 bridgehead atoms. The third-order valence-electron chi connectivity index (χ3n) is 3.72. The molecule has 0 atom stereocenters. The van der Waals surface area contributed by atoms with Gasteiger partial charge in [-0.05, 0) is 53.2 Å². The lowest BCUT2D eigenvalue weighted by atomic mass is 10.1. The van der Waals surface area contributed by atoms with E-state index in [-0.39, 0.29) is 24.5 Å². The first-order valence-electron chi connectivity index (χ1n) is 7.37. The molecule has 0 saturated carbocycles. The molecule has 0 aliphatic carbocycles. The lowest BCUT2D eigenvalue weighted by Crippen LogP contribution is -2.50. The Morgan fingerprint density at radius 1 is 1.35 bits per heavy atom. The van der Waals surface area contributed by atoms with Gasteiger partial charge < -0.3 is 20.2 Å². The van der Waals surface area contributed by atoms with E-state index in [2.05, 4.69) is 17.3 Å². The standard InChI is InChI=1S/C14H27N3O3/c1-11(2)17(8-4-5-13(18)19)14(20)15-12-6-9-16(3)10-7-12/h11-12H,4-10H2,1-3H3,(H,15,20)(H,18,19). The zero-order valence-corrected chi connectivity index (χ0v) is 12.8. The van der Waals surface area contributed by atoms with Crippen LogP contribution in [0.2, 0.25) is 0 Å². The number of rotatable bonds is 6. The number of nitrogens with one attached hydrogen (secondary N) is 1. The van der Waals surface area contributed by atoms with Crippen molar-refractivity contribution >= 4 is 12.0 Å². The highest BCUT2D eigenvalue weighted by atomic mass is 16.4. The number of carboxylic acid groups (broad SMARTS) is 1.